The first-order valence-corrected chi connectivity index (χ1v) is 5.29. The van der Waals surface area contributed by atoms with Gasteiger partial charge in [0.1, 0.15) is 0 Å². The van der Waals surface area contributed by atoms with E-state index in [2.05, 4.69) is 10.2 Å². The molecule has 1 fully saturated rings. The third-order valence-electron chi connectivity index (χ3n) is 3.07. The summed E-state index contributed by atoms with van der Waals surface area (Å²) < 4.78 is 5.44. The summed E-state index contributed by atoms with van der Waals surface area (Å²) in [6.07, 6.45) is 4.68. The normalized spacial score (nSPS) is 27.9. The van der Waals surface area contributed by atoms with Crippen molar-refractivity contribution in [2.45, 2.75) is 38.5 Å². The Hall–Kier alpha value is -0.900. The molecule has 0 aliphatic heterocycles. The third-order valence-corrected chi connectivity index (χ3v) is 3.07. The molecule has 4 nitrogen and oxygen atoms in total. The first-order chi connectivity index (χ1) is 6.79. The van der Waals surface area contributed by atoms with Gasteiger partial charge in [0, 0.05) is 12.8 Å². The number of rotatable bonds is 2. The highest BCUT2D eigenvalue weighted by Crippen LogP contribution is 2.34. The average Bonchev–Trinajstić information content (AvgIpc) is 2.65. The second kappa shape index (κ2) is 4.09. The Balaban J connectivity index is 1.95. The maximum Gasteiger partial charge on any atom is 0.219 e. The van der Waals surface area contributed by atoms with E-state index in [0.29, 0.717) is 17.7 Å². The monoisotopic (exact) mass is 195 g/mol. The zero-order valence-corrected chi connectivity index (χ0v) is 8.57. The fourth-order valence-electron chi connectivity index (χ4n) is 2.12. The zero-order chi connectivity index (χ0) is 9.97. The van der Waals surface area contributed by atoms with Gasteiger partial charge in [0.25, 0.3) is 0 Å². The van der Waals surface area contributed by atoms with Crippen LogP contribution in [0.2, 0.25) is 0 Å². The summed E-state index contributed by atoms with van der Waals surface area (Å²) >= 11 is 0. The molecule has 2 rings (SSSR count). The van der Waals surface area contributed by atoms with Gasteiger partial charge in [-0.2, -0.15) is 0 Å². The number of hydrogen-bond donors (Lipinski definition) is 1. The molecule has 2 N–H and O–H groups in total. The summed E-state index contributed by atoms with van der Waals surface area (Å²) in [5.41, 5.74) is 5.64. The molecule has 1 aliphatic rings. The Bertz CT molecular complexity index is 289. The Morgan fingerprint density at radius 3 is 2.50 bits per heavy atom. The molecule has 1 aliphatic carbocycles. The Morgan fingerprint density at radius 2 is 2.00 bits per heavy atom. The van der Waals surface area contributed by atoms with Gasteiger partial charge in [-0.3, -0.25) is 0 Å². The molecule has 1 saturated carbocycles. The van der Waals surface area contributed by atoms with Gasteiger partial charge < -0.3 is 10.2 Å². The van der Waals surface area contributed by atoms with Crippen molar-refractivity contribution in [1.29, 1.82) is 0 Å². The SMILES string of the molecule is Cc1nnc(C2CCC(CN)CC2)o1. The van der Waals surface area contributed by atoms with Gasteiger partial charge >= 0.3 is 0 Å². The molecule has 0 aromatic carbocycles. The maximum atomic E-state index is 5.64. The minimum atomic E-state index is 0.471. The van der Waals surface area contributed by atoms with Gasteiger partial charge in [-0.05, 0) is 38.1 Å². The number of aromatic nitrogens is 2. The van der Waals surface area contributed by atoms with Crippen LogP contribution in [0.5, 0.6) is 0 Å². The molecule has 0 unspecified atom stereocenters. The van der Waals surface area contributed by atoms with Crippen molar-refractivity contribution in [2.75, 3.05) is 6.54 Å². The summed E-state index contributed by atoms with van der Waals surface area (Å²) in [5.74, 6) is 2.66. The van der Waals surface area contributed by atoms with Crippen molar-refractivity contribution < 1.29 is 4.42 Å². The molecule has 78 valence electrons. The van der Waals surface area contributed by atoms with E-state index in [0.717, 1.165) is 25.3 Å². The molecular weight excluding hydrogens is 178 g/mol. The van der Waals surface area contributed by atoms with Crippen LogP contribution in [0.3, 0.4) is 0 Å². The first-order valence-electron chi connectivity index (χ1n) is 5.29. The van der Waals surface area contributed by atoms with Crippen molar-refractivity contribution in [3.05, 3.63) is 11.8 Å². The van der Waals surface area contributed by atoms with Crippen LogP contribution >= 0.6 is 0 Å². The molecule has 14 heavy (non-hydrogen) atoms. The lowest BCUT2D eigenvalue weighted by atomic mass is 9.82. The zero-order valence-electron chi connectivity index (χ0n) is 8.57. The highest BCUT2D eigenvalue weighted by molar-refractivity contribution is 4.93. The van der Waals surface area contributed by atoms with Gasteiger partial charge in [0.2, 0.25) is 11.8 Å². The van der Waals surface area contributed by atoms with Gasteiger partial charge in [0.15, 0.2) is 0 Å². The summed E-state index contributed by atoms with van der Waals surface area (Å²) in [5, 5.41) is 7.93. The standard InChI is InChI=1S/C10H17N3O/c1-7-12-13-10(14-7)9-4-2-8(6-11)3-5-9/h8-9H,2-6,11H2,1H3. The van der Waals surface area contributed by atoms with Gasteiger partial charge in [0.05, 0.1) is 0 Å². The van der Waals surface area contributed by atoms with E-state index in [1.54, 1.807) is 0 Å². The van der Waals surface area contributed by atoms with Gasteiger partial charge in [-0.25, -0.2) is 0 Å². The third kappa shape index (κ3) is 1.95. The minimum absolute atomic E-state index is 0.471. The Labute approximate surface area is 83.9 Å². The van der Waals surface area contributed by atoms with Crippen LogP contribution in [0.1, 0.15) is 43.4 Å². The van der Waals surface area contributed by atoms with Crippen molar-refractivity contribution >= 4 is 0 Å². The van der Waals surface area contributed by atoms with Crippen LogP contribution in [0, 0.1) is 12.8 Å². The molecule has 0 radical (unpaired) electrons. The molecule has 1 heterocycles. The number of nitrogens with zero attached hydrogens (tertiary/aromatic N) is 2. The van der Waals surface area contributed by atoms with E-state index in [9.17, 15) is 0 Å². The Morgan fingerprint density at radius 1 is 1.29 bits per heavy atom. The van der Waals surface area contributed by atoms with E-state index in [1.807, 2.05) is 6.92 Å². The predicted molar refractivity (Wildman–Crippen MR) is 52.8 cm³/mol. The lowest BCUT2D eigenvalue weighted by Crippen LogP contribution is -2.20. The number of hydrogen-bond acceptors (Lipinski definition) is 4. The van der Waals surface area contributed by atoms with Crippen LogP contribution in [0.25, 0.3) is 0 Å². The quantitative estimate of drug-likeness (QED) is 0.778. The van der Waals surface area contributed by atoms with Crippen molar-refractivity contribution in [3.63, 3.8) is 0 Å². The van der Waals surface area contributed by atoms with Gasteiger partial charge in [-0.1, -0.05) is 0 Å². The van der Waals surface area contributed by atoms with Crippen LogP contribution in [0.15, 0.2) is 4.42 Å². The van der Waals surface area contributed by atoms with E-state index in [-0.39, 0.29) is 0 Å². The Kier molecular flexibility index (Phi) is 2.82. The van der Waals surface area contributed by atoms with E-state index < -0.39 is 0 Å². The summed E-state index contributed by atoms with van der Waals surface area (Å²) in [6.45, 7) is 2.65. The number of aryl methyl sites for hydroxylation is 1. The lowest BCUT2D eigenvalue weighted by molar-refractivity contribution is 0.294. The topological polar surface area (TPSA) is 64.9 Å². The summed E-state index contributed by atoms with van der Waals surface area (Å²) in [4.78, 5) is 0. The van der Waals surface area contributed by atoms with Crippen molar-refractivity contribution in [3.8, 4) is 0 Å². The maximum absolute atomic E-state index is 5.64. The van der Waals surface area contributed by atoms with Crippen LogP contribution in [0.4, 0.5) is 0 Å². The predicted octanol–water partition coefficient (Wildman–Crippen LogP) is 1.61. The molecule has 0 atom stereocenters. The minimum Gasteiger partial charge on any atom is -0.425 e. The smallest absolute Gasteiger partial charge is 0.219 e. The largest absolute Gasteiger partial charge is 0.425 e. The molecule has 0 amide bonds. The molecule has 4 heteroatoms. The molecule has 1 aromatic heterocycles. The molecular formula is C10H17N3O. The molecule has 1 aromatic rings. The van der Waals surface area contributed by atoms with Crippen LogP contribution < -0.4 is 5.73 Å². The molecule has 0 saturated heterocycles. The lowest BCUT2D eigenvalue weighted by Gasteiger charge is -2.25. The van der Waals surface area contributed by atoms with Crippen molar-refractivity contribution in [2.24, 2.45) is 11.7 Å². The highest BCUT2D eigenvalue weighted by Gasteiger charge is 2.24. The van der Waals surface area contributed by atoms with Crippen molar-refractivity contribution in [1.82, 2.24) is 10.2 Å². The second-order valence-electron chi connectivity index (χ2n) is 4.11. The first kappa shape index (κ1) is 9.65. The fraction of sp³-hybridized carbons (Fsp3) is 0.800. The fourth-order valence-corrected chi connectivity index (χ4v) is 2.12. The summed E-state index contributed by atoms with van der Waals surface area (Å²) in [7, 11) is 0. The average molecular weight is 195 g/mol. The van der Waals surface area contributed by atoms with E-state index in [4.69, 9.17) is 10.2 Å². The van der Waals surface area contributed by atoms with E-state index >= 15 is 0 Å². The summed E-state index contributed by atoms with van der Waals surface area (Å²) in [6, 6.07) is 0. The van der Waals surface area contributed by atoms with Crippen LogP contribution in [-0.4, -0.2) is 16.7 Å². The number of nitrogens with two attached hydrogens (primary N) is 1. The van der Waals surface area contributed by atoms with E-state index in [1.165, 1.54) is 12.8 Å². The molecule has 0 spiro atoms. The van der Waals surface area contributed by atoms with Gasteiger partial charge in [-0.15, -0.1) is 10.2 Å². The second-order valence-corrected chi connectivity index (χ2v) is 4.11. The van der Waals surface area contributed by atoms with Crippen LogP contribution in [-0.2, 0) is 0 Å². The molecule has 0 bridgehead atoms. The highest BCUT2D eigenvalue weighted by atomic mass is 16.4.